The Hall–Kier alpha value is -1.30. The Morgan fingerprint density at radius 1 is 0.714 bits per heavy atom. The van der Waals surface area contributed by atoms with E-state index in [2.05, 4.69) is 5.32 Å². The van der Waals surface area contributed by atoms with Crippen LogP contribution < -0.4 is 5.32 Å². The van der Waals surface area contributed by atoms with Gasteiger partial charge in [0.05, 0.1) is 0 Å². The number of amides is 1. The van der Waals surface area contributed by atoms with E-state index in [4.69, 9.17) is 9.47 Å². The van der Waals surface area contributed by atoms with Gasteiger partial charge in [-0.05, 0) is 53.9 Å². The predicted octanol–water partition coefficient (Wildman–Crippen LogP) is 4.43. The summed E-state index contributed by atoms with van der Waals surface area (Å²) in [5.74, 6) is -0.667. The minimum atomic E-state index is -1.72. The molecule has 0 radical (unpaired) electrons. The Bertz CT molecular complexity index is 619. The number of carbonyl (C=O) groups is 2. The average Bonchev–Trinajstić information content (AvgIpc) is 2.43. The third kappa shape index (κ3) is 3.31. The SMILES string of the molecule is CC(C)(C)OC(=O)N[C@@]1(C(=O)OC(C)(C)C)C(C)(C)C(C)(C)C(C)(C)C1(C)O. The minimum Gasteiger partial charge on any atom is -0.458 e. The van der Waals surface area contributed by atoms with Crippen molar-refractivity contribution in [1.29, 1.82) is 0 Å². The summed E-state index contributed by atoms with van der Waals surface area (Å²) in [6.45, 7) is 23.7. The number of esters is 1. The Balaban J connectivity index is 3.76. The number of hydrogen-bond acceptors (Lipinski definition) is 5. The topological polar surface area (TPSA) is 84.9 Å². The second-order valence-electron chi connectivity index (χ2n) is 11.8. The van der Waals surface area contributed by atoms with Crippen LogP contribution in [-0.2, 0) is 14.3 Å². The summed E-state index contributed by atoms with van der Waals surface area (Å²) in [5.41, 5.74) is -7.03. The Morgan fingerprint density at radius 3 is 1.39 bits per heavy atom. The average molecular weight is 400 g/mol. The fourth-order valence-electron chi connectivity index (χ4n) is 4.53. The van der Waals surface area contributed by atoms with Crippen LogP contribution in [0.2, 0.25) is 0 Å². The maximum Gasteiger partial charge on any atom is 0.408 e. The zero-order valence-electron chi connectivity index (χ0n) is 20.1. The van der Waals surface area contributed by atoms with E-state index in [1.165, 1.54) is 0 Å². The first-order chi connectivity index (χ1) is 12.0. The van der Waals surface area contributed by atoms with E-state index in [1.807, 2.05) is 41.5 Å². The molecular formula is C22H41NO5. The van der Waals surface area contributed by atoms with Crippen LogP contribution in [-0.4, -0.2) is 39.5 Å². The number of rotatable bonds is 2. The van der Waals surface area contributed by atoms with Crippen molar-refractivity contribution in [3.05, 3.63) is 0 Å². The molecular weight excluding hydrogens is 358 g/mol. The van der Waals surface area contributed by atoms with Crippen molar-refractivity contribution >= 4 is 12.1 Å². The highest BCUT2D eigenvalue weighted by Crippen LogP contribution is 2.71. The molecule has 2 N–H and O–H groups in total. The zero-order chi connectivity index (χ0) is 22.8. The summed E-state index contributed by atoms with van der Waals surface area (Å²) in [6.07, 6.45) is -0.764. The quantitative estimate of drug-likeness (QED) is 0.671. The van der Waals surface area contributed by atoms with E-state index >= 15 is 0 Å². The normalized spacial score (nSPS) is 31.2. The number of aliphatic hydroxyl groups is 1. The fraction of sp³-hybridized carbons (Fsp3) is 0.909. The number of alkyl carbamates (subject to hydrolysis) is 1. The number of nitrogens with one attached hydrogen (secondary N) is 1. The molecule has 6 heteroatoms. The van der Waals surface area contributed by atoms with Crippen LogP contribution >= 0.6 is 0 Å². The van der Waals surface area contributed by atoms with Gasteiger partial charge in [0.15, 0.2) is 5.54 Å². The first kappa shape index (κ1) is 24.7. The van der Waals surface area contributed by atoms with Crippen molar-refractivity contribution in [1.82, 2.24) is 5.32 Å². The summed E-state index contributed by atoms with van der Waals surface area (Å²) in [6, 6.07) is 0. The molecule has 2 atom stereocenters. The highest BCUT2D eigenvalue weighted by molar-refractivity contribution is 5.90. The molecule has 1 rings (SSSR count). The van der Waals surface area contributed by atoms with Crippen molar-refractivity contribution in [3.8, 4) is 0 Å². The largest absolute Gasteiger partial charge is 0.458 e. The molecule has 1 unspecified atom stereocenters. The fourth-order valence-corrected chi connectivity index (χ4v) is 4.53. The van der Waals surface area contributed by atoms with Crippen molar-refractivity contribution in [2.45, 2.75) is 112 Å². The van der Waals surface area contributed by atoms with Gasteiger partial charge in [-0.1, -0.05) is 41.5 Å². The standard InChI is InChI=1S/C22H41NO5/c1-16(2,3)27-14(24)22(23-15(25)28-17(4,5)6)20(11,12)18(7,8)19(9,10)21(22,13)26/h26H,1-13H3,(H,23,25)/t21?,22-/m0/s1. The van der Waals surface area contributed by atoms with Crippen molar-refractivity contribution < 1.29 is 24.2 Å². The summed E-state index contributed by atoms with van der Waals surface area (Å²) >= 11 is 0. The lowest BCUT2D eigenvalue weighted by Crippen LogP contribution is -2.73. The molecule has 0 aliphatic heterocycles. The van der Waals surface area contributed by atoms with Crippen LogP contribution in [0.4, 0.5) is 4.79 Å². The van der Waals surface area contributed by atoms with Crippen molar-refractivity contribution in [2.24, 2.45) is 16.2 Å². The molecule has 0 saturated heterocycles. The molecule has 0 aromatic heterocycles. The first-order valence-corrected chi connectivity index (χ1v) is 9.95. The van der Waals surface area contributed by atoms with Crippen LogP contribution in [0.3, 0.4) is 0 Å². The van der Waals surface area contributed by atoms with E-state index in [0.29, 0.717) is 0 Å². The lowest BCUT2D eigenvalue weighted by atomic mass is 9.58. The van der Waals surface area contributed by atoms with Gasteiger partial charge in [0.25, 0.3) is 0 Å². The van der Waals surface area contributed by atoms with E-state index in [0.717, 1.165) is 0 Å². The van der Waals surface area contributed by atoms with Gasteiger partial charge in [0.2, 0.25) is 0 Å². The van der Waals surface area contributed by atoms with E-state index < -0.39 is 50.6 Å². The van der Waals surface area contributed by atoms with E-state index in [9.17, 15) is 14.7 Å². The smallest absolute Gasteiger partial charge is 0.408 e. The van der Waals surface area contributed by atoms with Gasteiger partial charge < -0.3 is 19.9 Å². The molecule has 0 bridgehead atoms. The van der Waals surface area contributed by atoms with Crippen LogP contribution in [0, 0.1) is 16.2 Å². The third-order valence-electron chi connectivity index (χ3n) is 7.40. The third-order valence-corrected chi connectivity index (χ3v) is 7.40. The van der Waals surface area contributed by atoms with E-state index in [-0.39, 0.29) is 0 Å². The first-order valence-electron chi connectivity index (χ1n) is 9.95. The summed E-state index contributed by atoms with van der Waals surface area (Å²) < 4.78 is 11.2. The van der Waals surface area contributed by atoms with Gasteiger partial charge in [-0.25, -0.2) is 9.59 Å². The van der Waals surface area contributed by atoms with Gasteiger partial charge in [-0.15, -0.1) is 0 Å². The molecule has 1 aliphatic rings. The lowest BCUT2D eigenvalue weighted by molar-refractivity contribution is -0.184. The molecule has 1 saturated carbocycles. The van der Waals surface area contributed by atoms with Gasteiger partial charge in [0.1, 0.15) is 16.8 Å². The highest BCUT2D eigenvalue weighted by Gasteiger charge is 2.81. The molecule has 1 fully saturated rings. The molecule has 1 aliphatic carbocycles. The maximum absolute atomic E-state index is 13.6. The lowest BCUT2D eigenvalue weighted by Gasteiger charge is -2.49. The zero-order valence-corrected chi connectivity index (χ0v) is 20.1. The second kappa shape index (κ2) is 6.35. The maximum atomic E-state index is 13.6. The summed E-state index contributed by atoms with van der Waals surface area (Å²) in [5, 5.41) is 14.6. The van der Waals surface area contributed by atoms with Gasteiger partial charge in [0, 0.05) is 10.8 Å². The Kier molecular flexibility index (Phi) is 5.61. The molecule has 6 nitrogen and oxygen atoms in total. The highest BCUT2D eigenvalue weighted by atomic mass is 16.6. The van der Waals surface area contributed by atoms with Crippen molar-refractivity contribution in [3.63, 3.8) is 0 Å². The molecule has 164 valence electrons. The molecule has 28 heavy (non-hydrogen) atoms. The van der Waals surface area contributed by atoms with Crippen LogP contribution in [0.15, 0.2) is 0 Å². The molecule has 0 aromatic carbocycles. The van der Waals surface area contributed by atoms with Crippen molar-refractivity contribution in [2.75, 3.05) is 0 Å². The molecule has 1 amide bonds. The van der Waals surface area contributed by atoms with Gasteiger partial charge in [-0.3, -0.25) is 0 Å². The molecule has 0 aromatic rings. The van der Waals surface area contributed by atoms with Gasteiger partial charge >= 0.3 is 12.1 Å². The minimum absolute atomic E-state index is 0.546. The van der Waals surface area contributed by atoms with Crippen LogP contribution in [0.25, 0.3) is 0 Å². The Morgan fingerprint density at radius 2 is 1.11 bits per heavy atom. The molecule has 0 spiro atoms. The number of ether oxygens (including phenoxy) is 2. The monoisotopic (exact) mass is 399 g/mol. The Labute approximate surface area is 170 Å². The summed E-state index contributed by atoms with van der Waals surface area (Å²) in [7, 11) is 0. The van der Waals surface area contributed by atoms with Crippen LogP contribution in [0.5, 0.6) is 0 Å². The second-order valence-corrected chi connectivity index (χ2v) is 11.8. The molecule has 0 heterocycles. The van der Waals surface area contributed by atoms with Gasteiger partial charge in [-0.2, -0.15) is 0 Å². The number of carbonyl (C=O) groups excluding carboxylic acids is 2. The van der Waals surface area contributed by atoms with E-state index in [1.54, 1.807) is 48.5 Å². The predicted molar refractivity (Wildman–Crippen MR) is 110 cm³/mol. The number of hydrogen-bond donors (Lipinski definition) is 2. The summed E-state index contributed by atoms with van der Waals surface area (Å²) in [4.78, 5) is 26.5. The van der Waals surface area contributed by atoms with Crippen LogP contribution in [0.1, 0.15) is 90.0 Å².